The van der Waals surface area contributed by atoms with Crippen LogP contribution in [0.2, 0.25) is 0 Å². The number of aromatic nitrogens is 2. The summed E-state index contributed by atoms with van der Waals surface area (Å²) in [6.45, 7) is 3.65. The Bertz CT molecular complexity index is 825. The molecule has 0 spiro atoms. The van der Waals surface area contributed by atoms with E-state index in [0.29, 0.717) is 11.4 Å². The Kier molecular flexibility index (Phi) is 4.05. The zero-order valence-corrected chi connectivity index (χ0v) is 13.3. The van der Waals surface area contributed by atoms with Crippen LogP contribution in [0, 0.1) is 0 Å². The van der Waals surface area contributed by atoms with Gasteiger partial charge in [0.2, 0.25) is 10.0 Å². The van der Waals surface area contributed by atoms with Crippen molar-refractivity contribution in [2.75, 3.05) is 6.54 Å². The van der Waals surface area contributed by atoms with Crippen molar-refractivity contribution in [2.45, 2.75) is 29.7 Å². The summed E-state index contributed by atoms with van der Waals surface area (Å²) in [5.41, 5.74) is 6.19. The van der Waals surface area contributed by atoms with E-state index < -0.39 is 15.6 Å². The smallest absolute Gasteiger partial charge is 0.258 e. The summed E-state index contributed by atoms with van der Waals surface area (Å²) in [5, 5.41) is 3.94. The molecule has 0 atom stereocenters. The Morgan fingerprint density at radius 2 is 2.22 bits per heavy atom. The number of sulfonamides is 1. The van der Waals surface area contributed by atoms with Crippen molar-refractivity contribution < 1.29 is 12.9 Å². The summed E-state index contributed by atoms with van der Waals surface area (Å²) in [4.78, 5) is 4.45. The number of hydrogen-bond acceptors (Lipinski definition) is 6. The van der Waals surface area contributed by atoms with Crippen molar-refractivity contribution in [1.82, 2.24) is 14.9 Å². The lowest BCUT2D eigenvalue weighted by atomic mass is 9.77. The van der Waals surface area contributed by atoms with E-state index in [1.165, 1.54) is 18.2 Å². The molecule has 1 fully saturated rings. The summed E-state index contributed by atoms with van der Waals surface area (Å²) >= 11 is 0. The molecule has 0 aliphatic heterocycles. The average Bonchev–Trinajstić information content (AvgIpc) is 3.01. The van der Waals surface area contributed by atoms with Gasteiger partial charge < -0.3 is 10.3 Å². The van der Waals surface area contributed by atoms with Crippen LogP contribution in [0.5, 0.6) is 0 Å². The molecule has 0 saturated heterocycles. The van der Waals surface area contributed by atoms with E-state index in [2.05, 4.69) is 21.4 Å². The van der Waals surface area contributed by atoms with Crippen LogP contribution in [0.25, 0.3) is 11.5 Å². The third kappa shape index (κ3) is 3.05. The van der Waals surface area contributed by atoms with Gasteiger partial charge in [-0.15, -0.1) is 6.58 Å². The monoisotopic (exact) mass is 334 g/mol. The van der Waals surface area contributed by atoms with Gasteiger partial charge in [-0.25, -0.2) is 13.1 Å². The van der Waals surface area contributed by atoms with Gasteiger partial charge in [-0.3, -0.25) is 0 Å². The number of rotatable bonds is 6. The predicted octanol–water partition coefficient (Wildman–Crippen LogP) is 1.54. The van der Waals surface area contributed by atoms with Gasteiger partial charge in [0.1, 0.15) is 0 Å². The van der Waals surface area contributed by atoms with E-state index in [0.717, 1.165) is 19.3 Å². The fraction of sp³-hybridized carbons (Fsp3) is 0.333. The zero-order chi connectivity index (χ0) is 16.5. The van der Waals surface area contributed by atoms with Gasteiger partial charge in [0, 0.05) is 12.1 Å². The highest BCUT2D eigenvalue weighted by atomic mass is 32.2. The van der Waals surface area contributed by atoms with Gasteiger partial charge in [0.25, 0.3) is 5.89 Å². The number of hydrogen-bond donors (Lipinski definition) is 2. The molecule has 1 aromatic carbocycles. The van der Waals surface area contributed by atoms with Crippen molar-refractivity contribution in [1.29, 1.82) is 0 Å². The molecular formula is C15H18N4O3S. The fourth-order valence-electron chi connectivity index (χ4n) is 2.37. The first-order valence-electron chi connectivity index (χ1n) is 7.29. The SMILES string of the molecule is C=CCNS(=O)(=O)c1cccc(-c2nc(C3(N)CCC3)no2)c1. The summed E-state index contributed by atoms with van der Waals surface area (Å²) in [5.74, 6) is 0.731. The van der Waals surface area contributed by atoms with E-state index in [4.69, 9.17) is 10.3 Å². The van der Waals surface area contributed by atoms with Gasteiger partial charge in [-0.05, 0) is 37.5 Å². The Morgan fingerprint density at radius 3 is 2.87 bits per heavy atom. The van der Waals surface area contributed by atoms with Crippen molar-refractivity contribution in [2.24, 2.45) is 5.73 Å². The molecule has 0 radical (unpaired) electrons. The van der Waals surface area contributed by atoms with Gasteiger partial charge in [-0.1, -0.05) is 17.3 Å². The lowest BCUT2D eigenvalue weighted by Gasteiger charge is -2.34. The normalized spacial score (nSPS) is 16.7. The number of benzene rings is 1. The van der Waals surface area contributed by atoms with Crippen molar-refractivity contribution >= 4 is 10.0 Å². The van der Waals surface area contributed by atoms with Crippen LogP contribution in [0.15, 0.2) is 46.3 Å². The van der Waals surface area contributed by atoms with Gasteiger partial charge in [-0.2, -0.15) is 4.98 Å². The Morgan fingerprint density at radius 1 is 1.43 bits per heavy atom. The molecule has 1 aliphatic carbocycles. The van der Waals surface area contributed by atoms with Gasteiger partial charge in [0.05, 0.1) is 10.4 Å². The van der Waals surface area contributed by atoms with Crippen LogP contribution in [0.1, 0.15) is 25.1 Å². The average molecular weight is 334 g/mol. The molecule has 7 nitrogen and oxygen atoms in total. The van der Waals surface area contributed by atoms with Gasteiger partial charge >= 0.3 is 0 Å². The van der Waals surface area contributed by atoms with Crippen LogP contribution in [-0.4, -0.2) is 25.1 Å². The predicted molar refractivity (Wildman–Crippen MR) is 84.8 cm³/mol. The summed E-state index contributed by atoms with van der Waals surface area (Å²) < 4.78 is 32.0. The maximum atomic E-state index is 12.1. The van der Waals surface area contributed by atoms with Crippen molar-refractivity contribution in [3.05, 3.63) is 42.7 Å². The first-order valence-corrected chi connectivity index (χ1v) is 8.77. The molecule has 0 amide bonds. The van der Waals surface area contributed by atoms with Crippen molar-refractivity contribution in [3.8, 4) is 11.5 Å². The molecule has 122 valence electrons. The van der Waals surface area contributed by atoms with Crippen LogP contribution in [-0.2, 0) is 15.6 Å². The maximum absolute atomic E-state index is 12.1. The quantitative estimate of drug-likeness (QED) is 0.775. The number of nitrogens with one attached hydrogen (secondary N) is 1. The van der Waals surface area contributed by atoms with Gasteiger partial charge in [0.15, 0.2) is 5.82 Å². The molecule has 2 aromatic rings. The van der Waals surface area contributed by atoms with Crippen LogP contribution in [0.3, 0.4) is 0 Å². The van der Waals surface area contributed by atoms with E-state index in [-0.39, 0.29) is 17.3 Å². The summed E-state index contributed by atoms with van der Waals surface area (Å²) in [7, 11) is -3.60. The second-order valence-corrected chi connectivity index (χ2v) is 7.37. The van der Waals surface area contributed by atoms with Crippen LogP contribution in [0.4, 0.5) is 0 Å². The highest BCUT2D eigenvalue weighted by molar-refractivity contribution is 7.89. The van der Waals surface area contributed by atoms with E-state index in [1.54, 1.807) is 12.1 Å². The third-order valence-corrected chi connectivity index (χ3v) is 5.35. The van der Waals surface area contributed by atoms with E-state index in [9.17, 15) is 8.42 Å². The molecule has 3 rings (SSSR count). The summed E-state index contributed by atoms with van der Waals surface area (Å²) in [6.07, 6.45) is 4.17. The largest absolute Gasteiger partial charge is 0.334 e. The molecule has 1 heterocycles. The van der Waals surface area contributed by atoms with Crippen LogP contribution < -0.4 is 10.5 Å². The molecule has 1 aliphatic rings. The maximum Gasteiger partial charge on any atom is 0.258 e. The van der Waals surface area contributed by atoms with Crippen LogP contribution >= 0.6 is 0 Å². The molecule has 3 N–H and O–H groups in total. The topological polar surface area (TPSA) is 111 Å². The Balaban J connectivity index is 1.90. The molecule has 23 heavy (non-hydrogen) atoms. The minimum absolute atomic E-state index is 0.128. The highest BCUT2D eigenvalue weighted by Crippen LogP contribution is 2.37. The molecule has 0 unspecified atom stereocenters. The van der Waals surface area contributed by atoms with Crippen molar-refractivity contribution in [3.63, 3.8) is 0 Å². The lowest BCUT2D eigenvalue weighted by molar-refractivity contribution is 0.229. The van der Waals surface area contributed by atoms with E-state index >= 15 is 0 Å². The third-order valence-electron chi connectivity index (χ3n) is 3.93. The minimum Gasteiger partial charge on any atom is -0.334 e. The number of nitrogens with zero attached hydrogens (tertiary/aromatic N) is 2. The molecular weight excluding hydrogens is 316 g/mol. The number of nitrogens with two attached hydrogens (primary N) is 1. The molecule has 0 bridgehead atoms. The second kappa shape index (κ2) is 5.88. The fourth-order valence-corrected chi connectivity index (χ4v) is 3.42. The zero-order valence-electron chi connectivity index (χ0n) is 12.5. The minimum atomic E-state index is -3.60. The molecule has 1 saturated carbocycles. The molecule has 1 aromatic heterocycles. The lowest BCUT2D eigenvalue weighted by Crippen LogP contribution is -2.44. The molecule has 8 heteroatoms. The standard InChI is InChI=1S/C15H18N4O3S/c1-2-9-17-23(20,21)12-6-3-5-11(10-12)13-18-14(19-22-13)15(16)7-4-8-15/h2-3,5-6,10,17H,1,4,7-9,16H2. The van der Waals surface area contributed by atoms with E-state index in [1.807, 2.05) is 0 Å². The summed E-state index contributed by atoms with van der Waals surface area (Å²) in [6, 6.07) is 6.34. The first-order chi connectivity index (χ1) is 10.9. The Hall–Kier alpha value is -2.03. The second-order valence-electron chi connectivity index (χ2n) is 5.60. The first kappa shape index (κ1) is 15.9. The highest BCUT2D eigenvalue weighted by Gasteiger charge is 2.39. The Labute approximate surface area is 134 Å².